The summed E-state index contributed by atoms with van der Waals surface area (Å²) < 4.78 is 11.0. The van der Waals surface area contributed by atoms with Gasteiger partial charge in [-0.25, -0.2) is 0 Å². The molecule has 6 nitrogen and oxygen atoms in total. The van der Waals surface area contributed by atoms with Crippen LogP contribution < -0.4 is 5.32 Å². The van der Waals surface area contributed by atoms with E-state index in [-0.39, 0.29) is 11.4 Å². The molecule has 0 bridgehead atoms. The summed E-state index contributed by atoms with van der Waals surface area (Å²) in [4.78, 5) is 17.7. The molecule has 1 amide bonds. The number of likely N-dealkylation sites (tertiary alicyclic amines) is 1. The molecule has 0 unspecified atom stereocenters. The van der Waals surface area contributed by atoms with Gasteiger partial charge in [0.1, 0.15) is 5.60 Å². The van der Waals surface area contributed by atoms with Crippen molar-refractivity contribution >= 4 is 5.91 Å². The summed E-state index contributed by atoms with van der Waals surface area (Å²) in [6, 6.07) is 0.566. The Balaban J connectivity index is 1.67. The van der Waals surface area contributed by atoms with Gasteiger partial charge < -0.3 is 19.7 Å². The van der Waals surface area contributed by atoms with Gasteiger partial charge in [-0.2, -0.15) is 0 Å². The molecule has 1 saturated carbocycles. The average molecular weight is 339 g/mol. The van der Waals surface area contributed by atoms with Crippen molar-refractivity contribution in [3.63, 3.8) is 0 Å². The molecule has 3 rings (SSSR count). The highest BCUT2D eigenvalue weighted by molar-refractivity contribution is 5.88. The summed E-state index contributed by atoms with van der Waals surface area (Å²) in [7, 11) is 1.66. The molecule has 3 fully saturated rings. The van der Waals surface area contributed by atoms with Crippen molar-refractivity contribution in [3.05, 3.63) is 0 Å². The monoisotopic (exact) mass is 339 g/mol. The Labute approximate surface area is 145 Å². The number of methoxy groups -OCH3 is 1. The third kappa shape index (κ3) is 3.93. The van der Waals surface area contributed by atoms with E-state index in [2.05, 4.69) is 29.0 Å². The summed E-state index contributed by atoms with van der Waals surface area (Å²) in [5.41, 5.74) is -0.679. The molecule has 0 aromatic rings. The van der Waals surface area contributed by atoms with E-state index in [1.807, 2.05) is 0 Å². The maximum Gasteiger partial charge on any atom is 0.252 e. The molecule has 1 N–H and O–H groups in total. The molecule has 24 heavy (non-hydrogen) atoms. The molecule has 0 radical (unpaired) electrons. The zero-order valence-electron chi connectivity index (χ0n) is 15.5. The van der Waals surface area contributed by atoms with Crippen molar-refractivity contribution in [2.45, 2.75) is 56.7 Å². The van der Waals surface area contributed by atoms with Gasteiger partial charge in [0, 0.05) is 45.9 Å². The fourth-order valence-electron chi connectivity index (χ4n) is 3.97. The summed E-state index contributed by atoms with van der Waals surface area (Å²) in [5.74, 6) is 0.0938. The maximum atomic E-state index is 12.8. The lowest BCUT2D eigenvalue weighted by atomic mass is 9.85. The second kappa shape index (κ2) is 7.28. The number of piperidine rings is 1. The highest BCUT2D eigenvalue weighted by atomic mass is 16.5. The SMILES string of the molecule is COC1(C(=O)NC2(CN3CCOCC3)CCN(C(C)C)CC2)CC1. The Morgan fingerprint density at radius 1 is 1.12 bits per heavy atom. The number of carbonyl (C=O) groups is 1. The summed E-state index contributed by atoms with van der Waals surface area (Å²) >= 11 is 0. The van der Waals surface area contributed by atoms with Crippen LogP contribution in [0.25, 0.3) is 0 Å². The smallest absolute Gasteiger partial charge is 0.252 e. The lowest BCUT2D eigenvalue weighted by Crippen LogP contribution is -2.63. The van der Waals surface area contributed by atoms with Crippen LogP contribution in [0.1, 0.15) is 39.5 Å². The molecular formula is C18H33N3O3. The minimum atomic E-state index is -0.548. The Bertz CT molecular complexity index is 437. The predicted octanol–water partition coefficient (Wildman–Crippen LogP) is 0.857. The molecule has 0 atom stereocenters. The molecule has 1 aliphatic carbocycles. The van der Waals surface area contributed by atoms with E-state index in [1.54, 1.807) is 7.11 Å². The quantitative estimate of drug-likeness (QED) is 0.778. The van der Waals surface area contributed by atoms with Gasteiger partial charge >= 0.3 is 0 Å². The van der Waals surface area contributed by atoms with Crippen LogP contribution in [0.4, 0.5) is 0 Å². The van der Waals surface area contributed by atoms with Crippen LogP contribution in [-0.4, -0.2) is 85.9 Å². The molecular weight excluding hydrogens is 306 g/mol. The Kier molecular flexibility index (Phi) is 5.49. The number of amides is 1. The summed E-state index contributed by atoms with van der Waals surface area (Å²) in [6.45, 7) is 11.0. The van der Waals surface area contributed by atoms with E-state index < -0.39 is 5.60 Å². The third-order valence-corrected chi connectivity index (χ3v) is 6.00. The number of hydrogen-bond acceptors (Lipinski definition) is 5. The van der Waals surface area contributed by atoms with Gasteiger partial charge in [0.25, 0.3) is 5.91 Å². The van der Waals surface area contributed by atoms with Crippen molar-refractivity contribution < 1.29 is 14.3 Å². The molecule has 2 heterocycles. The van der Waals surface area contributed by atoms with Gasteiger partial charge in [0.2, 0.25) is 0 Å². The molecule has 138 valence electrons. The highest BCUT2D eigenvalue weighted by Gasteiger charge is 2.53. The van der Waals surface area contributed by atoms with Crippen molar-refractivity contribution in [3.8, 4) is 0 Å². The van der Waals surface area contributed by atoms with Gasteiger partial charge in [-0.1, -0.05) is 0 Å². The molecule has 2 aliphatic heterocycles. The normalized spacial score (nSPS) is 27.2. The van der Waals surface area contributed by atoms with Gasteiger partial charge in [-0.3, -0.25) is 9.69 Å². The van der Waals surface area contributed by atoms with Crippen molar-refractivity contribution in [1.29, 1.82) is 0 Å². The predicted molar refractivity (Wildman–Crippen MR) is 93.0 cm³/mol. The van der Waals surface area contributed by atoms with E-state index in [0.29, 0.717) is 6.04 Å². The van der Waals surface area contributed by atoms with Crippen LogP contribution in [0.15, 0.2) is 0 Å². The topological polar surface area (TPSA) is 54.0 Å². The minimum Gasteiger partial charge on any atom is -0.379 e. The zero-order chi connectivity index (χ0) is 17.2. The largest absolute Gasteiger partial charge is 0.379 e. The Hall–Kier alpha value is -0.690. The second-order valence-electron chi connectivity index (χ2n) is 7.95. The van der Waals surface area contributed by atoms with Gasteiger partial charge in [0.15, 0.2) is 0 Å². The summed E-state index contributed by atoms with van der Waals surface area (Å²) in [6.07, 6.45) is 3.71. The van der Waals surface area contributed by atoms with E-state index in [9.17, 15) is 4.79 Å². The molecule has 3 aliphatic rings. The number of nitrogens with zero attached hydrogens (tertiary/aromatic N) is 2. The fourth-order valence-corrected chi connectivity index (χ4v) is 3.97. The maximum absolute atomic E-state index is 12.8. The van der Waals surface area contributed by atoms with Crippen LogP contribution in [-0.2, 0) is 14.3 Å². The number of morpholine rings is 1. The third-order valence-electron chi connectivity index (χ3n) is 6.00. The summed E-state index contributed by atoms with van der Waals surface area (Å²) in [5, 5.41) is 3.42. The number of hydrogen-bond donors (Lipinski definition) is 1. The van der Waals surface area contributed by atoms with Crippen LogP contribution in [0.3, 0.4) is 0 Å². The first-order valence-corrected chi connectivity index (χ1v) is 9.41. The van der Waals surface area contributed by atoms with Crippen LogP contribution in [0.2, 0.25) is 0 Å². The molecule has 6 heteroatoms. The van der Waals surface area contributed by atoms with E-state index in [1.165, 1.54) is 0 Å². The first kappa shape index (κ1) is 18.1. The minimum absolute atomic E-state index is 0.0938. The zero-order valence-corrected chi connectivity index (χ0v) is 15.5. The van der Waals surface area contributed by atoms with Crippen molar-refractivity contribution in [2.24, 2.45) is 0 Å². The van der Waals surface area contributed by atoms with E-state index >= 15 is 0 Å². The number of ether oxygens (including phenoxy) is 2. The highest BCUT2D eigenvalue weighted by Crippen LogP contribution is 2.40. The van der Waals surface area contributed by atoms with Gasteiger partial charge in [0.05, 0.1) is 18.8 Å². The second-order valence-corrected chi connectivity index (χ2v) is 7.95. The van der Waals surface area contributed by atoms with Crippen molar-refractivity contribution in [2.75, 3.05) is 53.0 Å². The lowest BCUT2D eigenvalue weighted by molar-refractivity contribution is -0.137. The van der Waals surface area contributed by atoms with E-state index in [4.69, 9.17) is 9.47 Å². The Morgan fingerprint density at radius 2 is 1.75 bits per heavy atom. The van der Waals surface area contributed by atoms with Crippen LogP contribution in [0.5, 0.6) is 0 Å². The standard InChI is InChI=1S/C18H33N3O3/c1-15(2)21-8-6-17(7-9-21,14-20-10-12-24-13-11-20)19-16(22)18(23-3)4-5-18/h15H,4-14H2,1-3H3,(H,19,22). The van der Waals surface area contributed by atoms with E-state index in [0.717, 1.165) is 71.6 Å². The molecule has 0 aromatic carbocycles. The number of rotatable bonds is 6. The van der Waals surface area contributed by atoms with Gasteiger partial charge in [-0.15, -0.1) is 0 Å². The first-order valence-electron chi connectivity index (χ1n) is 9.41. The molecule has 0 aromatic heterocycles. The number of carbonyl (C=O) groups excluding carboxylic acids is 1. The number of nitrogens with one attached hydrogen (secondary N) is 1. The fraction of sp³-hybridized carbons (Fsp3) is 0.944. The lowest BCUT2D eigenvalue weighted by Gasteiger charge is -2.47. The van der Waals surface area contributed by atoms with Gasteiger partial charge in [-0.05, 0) is 39.5 Å². The van der Waals surface area contributed by atoms with Crippen LogP contribution in [0, 0.1) is 0 Å². The first-order chi connectivity index (χ1) is 11.5. The van der Waals surface area contributed by atoms with Crippen LogP contribution >= 0.6 is 0 Å². The molecule has 2 saturated heterocycles. The average Bonchev–Trinajstić information content (AvgIpc) is 3.37. The Morgan fingerprint density at radius 3 is 2.25 bits per heavy atom. The van der Waals surface area contributed by atoms with Crippen molar-refractivity contribution in [1.82, 2.24) is 15.1 Å². The molecule has 0 spiro atoms.